The van der Waals surface area contributed by atoms with Crippen molar-refractivity contribution in [2.75, 3.05) is 12.4 Å². The lowest BCUT2D eigenvalue weighted by molar-refractivity contribution is -0.150. The fourth-order valence-electron chi connectivity index (χ4n) is 2.66. The van der Waals surface area contributed by atoms with Crippen LogP contribution in [0.25, 0.3) is 0 Å². The van der Waals surface area contributed by atoms with E-state index in [0.717, 1.165) is 4.90 Å². The van der Waals surface area contributed by atoms with Crippen LogP contribution in [0.2, 0.25) is 0 Å². The average Bonchev–Trinajstić information content (AvgIpc) is 2.57. The van der Waals surface area contributed by atoms with Gasteiger partial charge in [-0.3, -0.25) is 19.3 Å². The number of rotatable bonds is 8. The molecule has 0 spiro atoms. The number of hydrogen-bond acceptors (Lipinski definition) is 7. The van der Waals surface area contributed by atoms with E-state index in [1.54, 1.807) is 0 Å². The highest BCUT2D eigenvalue weighted by Crippen LogP contribution is 2.40. The Morgan fingerprint density at radius 1 is 1.36 bits per heavy atom. The van der Waals surface area contributed by atoms with Crippen molar-refractivity contribution in [1.82, 2.24) is 10.2 Å². The van der Waals surface area contributed by atoms with E-state index in [1.165, 1.54) is 11.8 Å². The molecule has 25 heavy (non-hydrogen) atoms. The lowest BCUT2D eigenvalue weighted by atomic mass is 10.0. The molecule has 1 saturated heterocycles. The quantitative estimate of drug-likeness (QED) is 0.311. The molecule has 6 N–H and O–H groups in total. The van der Waals surface area contributed by atoms with Crippen LogP contribution in [0.5, 0.6) is 0 Å². The van der Waals surface area contributed by atoms with Gasteiger partial charge in [0.2, 0.25) is 5.91 Å². The lowest BCUT2D eigenvalue weighted by Gasteiger charge is -2.49. The minimum atomic E-state index is -1.30. The topological polar surface area (TPSA) is 170 Å². The van der Waals surface area contributed by atoms with E-state index in [4.69, 9.17) is 10.8 Å². The number of β-lactam (4-membered cyclic amide) rings is 1. The van der Waals surface area contributed by atoms with Gasteiger partial charge in [0, 0.05) is 12.2 Å². The summed E-state index contributed by atoms with van der Waals surface area (Å²) in [6.07, 6.45) is 0.416. The summed E-state index contributed by atoms with van der Waals surface area (Å²) in [6.45, 7) is -0.452. The molecule has 0 aromatic heterocycles. The number of hydrogen-bond donors (Lipinski definition) is 5. The molecule has 0 aromatic rings. The maximum atomic E-state index is 12.2. The third kappa shape index (κ3) is 3.94. The lowest BCUT2D eigenvalue weighted by Crippen LogP contribution is -2.70. The highest BCUT2D eigenvalue weighted by molar-refractivity contribution is 8.00. The molecule has 2 amide bonds. The molecule has 2 unspecified atom stereocenters. The van der Waals surface area contributed by atoms with Crippen LogP contribution in [0.3, 0.4) is 0 Å². The summed E-state index contributed by atoms with van der Waals surface area (Å²) in [4.78, 5) is 47.1. The zero-order valence-electron chi connectivity index (χ0n) is 13.2. The molecular weight excluding hydrogens is 354 g/mol. The number of aliphatic hydroxyl groups excluding tert-OH is 1. The number of aliphatic hydroxyl groups is 1. The zero-order valence-corrected chi connectivity index (χ0v) is 14.0. The normalized spacial score (nSPS) is 23.6. The second-order valence-electron chi connectivity index (χ2n) is 5.71. The summed E-state index contributed by atoms with van der Waals surface area (Å²) in [5, 5.41) is 29.1. The number of carbonyl (C=O) groups excluding carboxylic acids is 2. The fraction of sp³-hybridized carbons (Fsp3) is 0.571. The number of fused-ring (bicyclic) bond motifs is 1. The van der Waals surface area contributed by atoms with E-state index >= 15 is 0 Å². The van der Waals surface area contributed by atoms with Crippen molar-refractivity contribution in [3.05, 3.63) is 11.3 Å². The van der Waals surface area contributed by atoms with Crippen LogP contribution in [-0.4, -0.2) is 73.8 Å². The standard InChI is InChI=1S/C14H19N3O7S/c15-7(13(21)22)2-1-3-8(19)16-9-11(20)17-10(14(23)24)6(4-18)5-25-12(9)17/h7,9,12,18H,1-5,15H2,(H,16,19)(H,21,22)(H,23,24)/t7?,9?,12-/m0/s1. The maximum Gasteiger partial charge on any atom is 0.352 e. The molecule has 0 radical (unpaired) electrons. The van der Waals surface area contributed by atoms with Gasteiger partial charge in [0.1, 0.15) is 23.2 Å². The summed E-state index contributed by atoms with van der Waals surface area (Å²) in [7, 11) is 0. The molecule has 10 nitrogen and oxygen atoms in total. The highest BCUT2D eigenvalue weighted by Gasteiger charge is 2.53. The van der Waals surface area contributed by atoms with E-state index in [9.17, 15) is 29.4 Å². The number of thioether (sulfide) groups is 1. The predicted molar refractivity (Wildman–Crippen MR) is 86.2 cm³/mol. The zero-order chi connectivity index (χ0) is 18.7. The van der Waals surface area contributed by atoms with Crippen molar-refractivity contribution in [2.24, 2.45) is 5.73 Å². The van der Waals surface area contributed by atoms with Gasteiger partial charge in [0.15, 0.2) is 0 Å². The Kier molecular flexibility index (Phi) is 6.03. The van der Waals surface area contributed by atoms with Crippen LogP contribution < -0.4 is 11.1 Å². The molecule has 2 aliphatic rings. The van der Waals surface area contributed by atoms with Crippen molar-refractivity contribution in [3.8, 4) is 0 Å². The SMILES string of the molecule is NC(CCCC(=O)NC1C(=O)N2C(C(=O)O)=C(CO)CS[C@@H]12)C(=O)O. The van der Waals surface area contributed by atoms with E-state index in [-0.39, 0.29) is 36.3 Å². The second kappa shape index (κ2) is 7.85. The van der Waals surface area contributed by atoms with Gasteiger partial charge in [-0.1, -0.05) is 0 Å². The van der Waals surface area contributed by atoms with Crippen LogP contribution in [0.1, 0.15) is 19.3 Å². The summed E-state index contributed by atoms with van der Waals surface area (Å²) < 4.78 is 0. The molecule has 138 valence electrons. The molecular formula is C14H19N3O7S. The Hall–Kier alpha value is -2.11. The number of nitrogens with one attached hydrogen (secondary N) is 1. The number of nitrogens with zero attached hydrogens (tertiary/aromatic N) is 1. The van der Waals surface area contributed by atoms with E-state index in [1.807, 2.05) is 0 Å². The Labute approximate surface area is 147 Å². The molecule has 0 bridgehead atoms. The number of carbonyl (C=O) groups is 4. The van der Waals surface area contributed by atoms with Crippen LogP contribution in [0.15, 0.2) is 11.3 Å². The van der Waals surface area contributed by atoms with Gasteiger partial charge >= 0.3 is 11.9 Å². The summed E-state index contributed by atoms with van der Waals surface area (Å²) in [5.74, 6) is -3.15. The first kappa shape index (κ1) is 19.2. The Morgan fingerprint density at radius 3 is 2.60 bits per heavy atom. The Balaban J connectivity index is 1.91. The molecule has 2 rings (SSSR count). The molecule has 3 atom stereocenters. The third-order valence-electron chi connectivity index (χ3n) is 3.99. The first-order chi connectivity index (χ1) is 11.8. The van der Waals surface area contributed by atoms with Gasteiger partial charge < -0.3 is 26.4 Å². The van der Waals surface area contributed by atoms with E-state index < -0.39 is 47.8 Å². The molecule has 0 aliphatic carbocycles. The van der Waals surface area contributed by atoms with Gasteiger partial charge in [0.25, 0.3) is 5.91 Å². The van der Waals surface area contributed by atoms with Crippen LogP contribution in [0.4, 0.5) is 0 Å². The van der Waals surface area contributed by atoms with E-state index in [2.05, 4.69) is 5.32 Å². The number of aliphatic carboxylic acids is 2. The smallest absolute Gasteiger partial charge is 0.352 e. The summed E-state index contributed by atoms with van der Waals surface area (Å²) in [6, 6.07) is -1.87. The summed E-state index contributed by atoms with van der Waals surface area (Å²) >= 11 is 1.26. The molecule has 0 aromatic carbocycles. The molecule has 2 aliphatic heterocycles. The predicted octanol–water partition coefficient (Wildman–Crippen LogP) is -1.70. The first-order valence-corrected chi connectivity index (χ1v) is 8.61. The molecule has 1 fully saturated rings. The first-order valence-electron chi connectivity index (χ1n) is 7.56. The van der Waals surface area contributed by atoms with Gasteiger partial charge in [-0.15, -0.1) is 11.8 Å². The Bertz CT molecular complexity index is 636. The minimum absolute atomic E-state index is 0.0195. The third-order valence-corrected chi connectivity index (χ3v) is 5.33. The van der Waals surface area contributed by atoms with Gasteiger partial charge in [-0.05, 0) is 18.4 Å². The van der Waals surface area contributed by atoms with Crippen molar-refractivity contribution < 1.29 is 34.5 Å². The van der Waals surface area contributed by atoms with Crippen LogP contribution >= 0.6 is 11.8 Å². The van der Waals surface area contributed by atoms with Gasteiger partial charge in [-0.25, -0.2) is 4.79 Å². The fourth-order valence-corrected chi connectivity index (χ4v) is 3.99. The second-order valence-corrected chi connectivity index (χ2v) is 6.81. The number of carboxylic acid groups (broad SMARTS) is 2. The van der Waals surface area contributed by atoms with Crippen LogP contribution in [-0.2, 0) is 19.2 Å². The number of carboxylic acids is 2. The van der Waals surface area contributed by atoms with Crippen LogP contribution in [0, 0.1) is 0 Å². The highest BCUT2D eigenvalue weighted by atomic mass is 32.2. The molecule has 0 saturated carbocycles. The van der Waals surface area contributed by atoms with E-state index in [0.29, 0.717) is 0 Å². The van der Waals surface area contributed by atoms with Crippen molar-refractivity contribution in [3.63, 3.8) is 0 Å². The maximum absolute atomic E-state index is 12.2. The Morgan fingerprint density at radius 2 is 2.04 bits per heavy atom. The van der Waals surface area contributed by atoms with Crippen molar-refractivity contribution in [2.45, 2.75) is 36.7 Å². The van der Waals surface area contributed by atoms with Gasteiger partial charge in [0.05, 0.1) is 6.61 Å². The monoisotopic (exact) mass is 373 g/mol. The van der Waals surface area contributed by atoms with Crippen molar-refractivity contribution in [1.29, 1.82) is 0 Å². The summed E-state index contributed by atoms with van der Waals surface area (Å²) in [5.41, 5.74) is 5.38. The molecule has 11 heteroatoms. The largest absolute Gasteiger partial charge is 0.480 e. The van der Waals surface area contributed by atoms with Crippen molar-refractivity contribution >= 4 is 35.5 Å². The number of amides is 2. The van der Waals surface area contributed by atoms with Gasteiger partial charge in [-0.2, -0.15) is 0 Å². The average molecular weight is 373 g/mol. The molecule has 2 heterocycles. The number of nitrogens with two attached hydrogens (primary N) is 1. The minimum Gasteiger partial charge on any atom is -0.480 e.